The standard InChI is InChI=1S/C18H18BrN3O4S/c1-11-3-7-15(14(19)9-11)25-10-17(24)21-22-18(27)20-16(23)8-6-13-5-4-12(2)26-13/h3-9H,10H2,1-2H3,(H,21,24)(H2,20,22,23,27)/b8-6+. The molecule has 0 spiro atoms. The number of rotatable bonds is 5. The Labute approximate surface area is 170 Å². The van der Waals surface area contributed by atoms with Gasteiger partial charge in [-0.05, 0) is 77.9 Å². The lowest BCUT2D eigenvalue weighted by Gasteiger charge is -2.11. The van der Waals surface area contributed by atoms with Gasteiger partial charge in [0.05, 0.1) is 4.47 Å². The molecule has 0 atom stereocenters. The van der Waals surface area contributed by atoms with E-state index in [4.69, 9.17) is 21.4 Å². The van der Waals surface area contributed by atoms with Crippen molar-refractivity contribution >= 4 is 51.2 Å². The van der Waals surface area contributed by atoms with Crippen molar-refractivity contribution in [1.82, 2.24) is 16.2 Å². The second-order valence-corrected chi connectivity index (χ2v) is 6.76. The molecule has 3 N–H and O–H groups in total. The molecule has 2 amide bonds. The number of aryl methyl sites for hydroxylation is 2. The highest BCUT2D eigenvalue weighted by Crippen LogP contribution is 2.25. The molecular weight excluding hydrogens is 434 g/mol. The van der Waals surface area contributed by atoms with Crippen LogP contribution in [0.1, 0.15) is 17.1 Å². The summed E-state index contributed by atoms with van der Waals surface area (Å²) in [5, 5.41) is 2.34. The monoisotopic (exact) mass is 451 g/mol. The Balaban J connectivity index is 1.70. The van der Waals surface area contributed by atoms with E-state index in [9.17, 15) is 9.59 Å². The predicted molar refractivity (Wildman–Crippen MR) is 109 cm³/mol. The summed E-state index contributed by atoms with van der Waals surface area (Å²) in [6.07, 6.45) is 2.78. The molecule has 0 aliphatic heterocycles. The maximum absolute atomic E-state index is 11.8. The Bertz CT molecular complexity index is 879. The number of amides is 2. The van der Waals surface area contributed by atoms with Crippen LogP contribution in [0.25, 0.3) is 6.08 Å². The topological polar surface area (TPSA) is 92.6 Å². The quantitative estimate of drug-likeness (QED) is 0.367. The molecule has 7 nitrogen and oxygen atoms in total. The molecule has 1 aromatic heterocycles. The number of hydrogen-bond acceptors (Lipinski definition) is 5. The molecule has 2 rings (SSSR count). The maximum atomic E-state index is 11.8. The van der Waals surface area contributed by atoms with E-state index < -0.39 is 11.8 Å². The Morgan fingerprint density at radius 2 is 2.00 bits per heavy atom. The lowest BCUT2D eigenvalue weighted by molar-refractivity contribution is -0.123. The fourth-order valence-electron chi connectivity index (χ4n) is 1.91. The van der Waals surface area contributed by atoms with E-state index in [1.165, 1.54) is 12.2 Å². The summed E-state index contributed by atoms with van der Waals surface area (Å²) in [5.41, 5.74) is 5.83. The van der Waals surface area contributed by atoms with Crippen molar-refractivity contribution in [3.8, 4) is 5.75 Å². The van der Waals surface area contributed by atoms with Gasteiger partial charge in [-0.25, -0.2) is 0 Å². The number of hydrazine groups is 1. The fourth-order valence-corrected chi connectivity index (χ4v) is 2.67. The first kappa shape index (κ1) is 20.7. The normalized spacial score (nSPS) is 10.5. The van der Waals surface area contributed by atoms with Crippen molar-refractivity contribution in [2.75, 3.05) is 6.61 Å². The van der Waals surface area contributed by atoms with Gasteiger partial charge in [-0.1, -0.05) is 6.07 Å². The van der Waals surface area contributed by atoms with Crippen LogP contribution in [0.2, 0.25) is 0 Å². The number of carbonyl (C=O) groups excluding carboxylic acids is 2. The van der Waals surface area contributed by atoms with Crippen LogP contribution in [0, 0.1) is 13.8 Å². The van der Waals surface area contributed by atoms with Crippen molar-refractivity contribution in [3.05, 3.63) is 58.0 Å². The van der Waals surface area contributed by atoms with E-state index in [1.807, 2.05) is 19.1 Å². The van der Waals surface area contributed by atoms with Crippen LogP contribution in [0.5, 0.6) is 5.75 Å². The molecular formula is C18H18BrN3O4S. The smallest absolute Gasteiger partial charge is 0.276 e. The number of ether oxygens (including phenoxy) is 1. The van der Waals surface area contributed by atoms with Gasteiger partial charge >= 0.3 is 0 Å². The number of hydrogen-bond donors (Lipinski definition) is 3. The number of halogens is 1. The lowest BCUT2D eigenvalue weighted by atomic mass is 10.2. The highest BCUT2D eigenvalue weighted by atomic mass is 79.9. The lowest BCUT2D eigenvalue weighted by Crippen LogP contribution is -2.49. The maximum Gasteiger partial charge on any atom is 0.276 e. The second-order valence-electron chi connectivity index (χ2n) is 5.50. The van der Waals surface area contributed by atoms with Crippen LogP contribution in [0.15, 0.2) is 45.3 Å². The van der Waals surface area contributed by atoms with Gasteiger partial charge in [0, 0.05) is 6.08 Å². The fraction of sp³-hybridized carbons (Fsp3) is 0.167. The number of benzene rings is 1. The Hall–Kier alpha value is -2.65. The van der Waals surface area contributed by atoms with Crippen molar-refractivity contribution < 1.29 is 18.7 Å². The van der Waals surface area contributed by atoms with Crippen molar-refractivity contribution in [2.45, 2.75) is 13.8 Å². The van der Waals surface area contributed by atoms with Gasteiger partial charge in [-0.15, -0.1) is 0 Å². The van der Waals surface area contributed by atoms with Crippen LogP contribution in [-0.2, 0) is 9.59 Å². The van der Waals surface area contributed by atoms with E-state index in [1.54, 1.807) is 25.1 Å². The van der Waals surface area contributed by atoms with Crippen LogP contribution >= 0.6 is 28.1 Å². The predicted octanol–water partition coefficient (Wildman–Crippen LogP) is 2.77. The molecule has 1 aromatic carbocycles. The summed E-state index contributed by atoms with van der Waals surface area (Å²) in [7, 11) is 0. The van der Waals surface area contributed by atoms with E-state index in [2.05, 4.69) is 32.1 Å². The number of nitrogens with one attached hydrogen (secondary N) is 3. The zero-order valence-electron chi connectivity index (χ0n) is 14.7. The molecule has 27 heavy (non-hydrogen) atoms. The minimum atomic E-state index is -0.462. The Morgan fingerprint density at radius 3 is 2.67 bits per heavy atom. The highest BCUT2D eigenvalue weighted by molar-refractivity contribution is 9.10. The van der Waals surface area contributed by atoms with Crippen molar-refractivity contribution in [3.63, 3.8) is 0 Å². The first-order chi connectivity index (χ1) is 12.8. The molecule has 0 saturated carbocycles. The second kappa shape index (κ2) is 9.89. The molecule has 0 aliphatic carbocycles. The number of furan rings is 1. The molecule has 0 aliphatic rings. The molecule has 142 valence electrons. The summed E-state index contributed by atoms with van der Waals surface area (Å²) in [6.45, 7) is 3.54. The van der Waals surface area contributed by atoms with Gasteiger partial charge in [0.1, 0.15) is 17.3 Å². The minimum absolute atomic E-state index is 0.0508. The zero-order valence-corrected chi connectivity index (χ0v) is 17.1. The highest BCUT2D eigenvalue weighted by Gasteiger charge is 2.07. The van der Waals surface area contributed by atoms with Gasteiger partial charge in [0.15, 0.2) is 11.7 Å². The molecule has 2 aromatic rings. The Morgan fingerprint density at radius 1 is 1.22 bits per heavy atom. The third-order valence-corrected chi connectivity index (χ3v) is 3.98. The van der Waals surface area contributed by atoms with Gasteiger partial charge in [0.25, 0.3) is 5.91 Å². The van der Waals surface area contributed by atoms with Gasteiger partial charge < -0.3 is 9.15 Å². The summed E-state index contributed by atoms with van der Waals surface area (Å²) in [5.74, 6) is 0.922. The van der Waals surface area contributed by atoms with Crippen LogP contribution in [-0.4, -0.2) is 23.5 Å². The SMILES string of the molecule is Cc1ccc(OCC(=O)NNC(=S)NC(=O)/C=C/c2ccc(C)o2)c(Br)c1. The summed E-state index contributed by atoms with van der Waals surface area (Å²) in [6, 6.07) is 9.04. The third-order valence-electron chi connectivity index (χ3n) is 3.16. The van der Waals surface area contributed by atoms with E-state index in [0.717, 1.165) is 15.8 Å². The van der Waals surface area contributed by atoms with Gasteiger partial charge in [-0.3, -0.25) is 25.8 Å². The molecule has 0 bridgehead atoms. The largest absolute Gasteiger partial charge is 0.483 e. The summed E-state index contributed by atoms with van der Waals surface area (Å²) < 4.78 is 11.5. The van der Waals surface area contributed by atoms with E-state index in [-0.39, 0.29) is 11.7 Å². The van der Waals surface area contributed by atoms with E-state index >= 15 is 0 Å². The molecule has 0 fully saturated rings. The third kappa shape index (κ3) is 7.24. The average Bonchev–Trinajstić information content (AvgIpc) is 3.03. The number of thiocarbonyl (C=S) groups is 1. The molecule has 1 heterocycles. The summed E-state index contributed by atoms with van der Waals surface area (Å²) >= 11 is 8.30. The van der Waals surface area contributed by atoms with Crippen molar-refractivity contribution in [1.29, 1.82) is 0 Å². The first-order valence-electron chi connectivity index (χ1n) is 7.87. The minimum Gasteiger partial charge on any atom is -0.483 e. The van der Waals surface area contributed by atoms with Crippen molar-refractivity contribution in [2.24, 2.45) is 0 Å². The molecule has 9 heteroatoms. The molecule has 0 unspecified atom stereocenters. The van der Waals surface area contributed by atoms with E-state index in [0.29, 0.717) is 11.5 Å². The number of carbonyl (C=O) groups is 2. The Kier molecular flexibility index (Phi) is 7.56. The summed E-state index contributed by atoms with van der Waals surface area (Å²) in [4.78, 5) is 23.5. The van der Waals surface area contributed by atoms with Gasteiger partial charge in [0.2, 0.25) is 5.91 Å². The molecule has 0 saturated heterocycles. The average molecular weight is 452 g/mol. The van der Waals surface area contributed by atoms with Crippen LogP contribution < -0.4 is 20.9 Å². The van der Waals surface area contributed by atoms with Crippen LogP contribution in [0.4, 0.5) is 0 Å². The zero-order chi connectivity index (χ0) is 19.8. The van der Waals surface area contributed by atoms with Crippen LogP contribution in [0.3, 0.4) is 0 Å². The first-order valence-corrected chi connectivity index (χ1v) is 9.07. The molecule has 0 radical (unpaired) electrons. The van der Waals surface area contributed by atoms with Gasteiger partial charge in [-0.2, -0.15) is 0 Å².